The standard InChI is InChI=1S/C24H19NS2/c1-3-7-21(8-4-1)26-23-15-11-19(12-16-23)25-20-13-17-24(18-14-20)27-22-9-5-2-6-10-22/h1-18,25H. The Bertz CT molecular complexity index is 883. The van der Waals surface area contributed by atoms with Gasteiger partial charge in [-0.2, -0.15) is 0 Å². The lowest BCUT2D eigenvalue weighted by atomic mass is 10.3. The molecule has 0 bridgehead atoms. The third kappa shape index (κ3) is 5.19. The van der Waals surface area contributed by atoms with Crippen molar-refractivity contribution in [2.45, 2.75) is 19.6 Å². The number of hydrogen-bond acceptors (Lipinski definition) is 3. The zero-order valence-corrected chi connectivity index (χ0v) is 16.3. The van der Waals surface area contributed by atoms with Crippen LogP contribution in [0, 0.1) is 0 Å². The predicted molar refractivity (Wildman–Crippen MR) is 117 cm³/mol. The molecule has 1 N–H and O–H groups in total. The van der Waals surface area contributed by atoms with Crippen molar-refractivity contribution in [3.8, 4) is 0 Å². The van der Waals surface area contributed by atoms with E-state index in [1.165, 1.54) is 19.6 Å². The van der Waals surface area contributed by atoms with E-state index in [9.17, 15) is 0 Å². The summed E-state index contributed by atoms with van der Waals surface area (Å²) in [6.45, 7) is 0. The lowest BCUT2D eigenvalue weighted by molar-refractivity contribution is 1.38. The smallest absolute Gasteiger partial charge is 0.0385 e. The van der Waals surface area contributed by atoms with Crippen LogP contribution in [0.1, 0.15) is 0 Å². The van der Waals surface area contributed by atoms with Gasteiger partial charge in [-0.1, -0.05) is 59.9 Å². The summed E-state index contributed by atoms with van der Waals surface area (Å²) in [5.41, 5.74) is 2.19. The van der Waals surface area contributed by atoms with Crippen LogP contribution in [0.4, 0.5) is 11.4 Å². The first-order valence-electron chi connectivity index (χ1n) is 8.78. The average Bonchev–Trinajstić information content (AvgIpc) is 2.73. The van der Waals surface area contributed by atoms with Crippen molar-refractivity contribution in [3.63, 3.8) is 0 Å². The van der Waals surface area contributed by atoms with Gasteiger partial charge in [0.2, 0.25) is 0 Å². The van der Waals surface area contributed by atoms with Crippen molar-refractivity contribution in [1.82, 2.24) is 0 Å². The molecule has 1 nitrogen and oxygen atoms in total. The average molecular weight is 386 g/mol. The van der Waals surface area contributed by atoms with E-state index in [0.29, 0.717) is 0 Å². The fourth-order valence-corrected chi connectivity index (χ4v) is 4.30. The Labute approximate surface area is 168 Å². The van der Waals surface area contributed by atoms with Crippen LogP contribution in [-0.4, -0.2) is 0 Å². The van der Waals surface area contributed by atoms with Gasteiger partial charge >= 0.3 is 0 Å². The van der Waals surface area contributed by atoms with Crippen molar-refractivity contribution < 1.29 is 0 Å². The molecule has 27 heavy (non-hydrogen) atoms. The largest absolute Gasteiger partial charge is 0.356 e. The van der Waals surface area contributed by atoms with E-state index in [1.54, 1.807) is 23.5 Å². The van der Waals surface area contributed by atoms with Crippen LogP contribution < -0.4 is 5.32 Å². The predicted octanol–water partition coefficient (Wildman–Crippen LogP) is 7.73. The van der Waals surface area contributed by atoms with Gasteiger partial charge in [0.15, 0.2) is 0 Å². The Morgan fingerprint density at radius 3 is 1.07 bits per heavy atom. The first-order valence-corrected chi connectivity index (χ1v) is 10.4. The lowest BCUT2D eigenvalue weighted by Gasteiger charge is -2.09. The minimum absolute atomic E-state index is 1.09. The van der Waals surface area contributed by atoms with Crippen molar-refractivity contribution in [3.05, 3.63) is 109 Å². The maximum absolute atomic E-state index is 3.47. The highest BCUT2D eigenvalue weighted by atomic mass is 32.2. The van der Waals surface area contributed by atoms with Gasteiger partial charge in [-0.25, -0.2) is 0 Å². The molecule has 0 radical (unpaired) electrons. The van der Waals surface area contributed by atoms with Gasteiger partial charge in [-0.15, -0.1) is 0 Å². The molecular formula is C24H19NS2. The molecule has 0 atom stereocenters. The van der Waals surface area contributed by atoms with E-state index in [1.807, 2.05) is 12.1 Å². The molecule has 4 aromatic rings. The molecule has 0 aliphatic rings. The molecule has 0 aliphatic carbocycles. The number of hydrogen-bond donors (Lipinski definition) is 1. The molecule has 0 aliphatic heterocycles. The summed E-state index contributed by atoms with van der Waals surface area (Å²) in [4.78, 5) is 4.98. The highest BCUT2D eigenvalue weighted by Crippen LogP contribution is 2.30. The van der Waals surface area contributed by atoms with E-state index in [4.69, 9.17) is 0 Å². The molecule has 4 rings (SSSR count). The minimum atomic E-state index is 1.09. The molecular weight excluding hydrogens is 366 g/mol. The quantitative estimate of drug-likeness (QED) is 0.365. The van der Waals surface area contributed by atoms with Gasteiger partial charge in [0.1, 0.15) is 0 Å². The van der Waals surface area contributed by atoms with Gasteiger partial charge in [0.05, 0.1) is 0 Å². The fourth-order valence-electron chi connectivity index (χ4n) is 2.63. The Hall–Kier alpha value is -2.62. The van der Waals surface area contributed by atoms with E-state index in [0.717, 1.165) is 11.4 Å². The van der Waals surface area contributed by atoms with Crippen molar-refractivity contribution in [2.75, 3.05) is 5.32 Å². The first kappa shape index (κ1) is 17.8. The summed E-state index contributed by atoms with van der Waals surface area (Å²) in [7, 11) is 0. The van der Waals surface area contributed by atoms with Crippen molar-refractivity contribution >= 4 is 34.9 Å². The van der Waals surface area contributed by atoms with Gasteiger partial charge in [0, 0.05) is 31.0 Å². The summed E-state index contributed by atoms with van der Waals surface area (Å²) in [5, 5.41) is 3.47. The van der Waals surface area contributed by atoms with E-state index < -0.39 is 0 Å². The molecule has 0 unspecified atom stereocenters. The Balaban J connectivity index is 1.37. The number of nitrogens with one attached hydrogen (secondary N) is 1. The molecule has 0 saturated carbocycles. The van der Waals surface area contributed by atoms with Gasteiger partial charge in [0.25, 0.3) is 0 Å². The molecule has 4 aromatic carbocycles. The summed E-state index contributed by atoms with van der Waals surface area (Å²) >= 11 is 3.55. The van der Waals surface area contributed by atoms with E-state index in [-0.39, 0.29) is 0 Å². The van der Waals surface area contributed by atoms with Crippen molar-refractivity contribution in [2.24, 2.45) is 0 Å². The maximum atomic E-state index is 3.47. The van der Waals surface area contributed by atoms with Crippen LogP contribution in [0.25, 0.3) is 0 Å². The molecule has 0 spiro atoms. The van der Waals surface area contributed by atoms with Crippen LogP contribution in [0.2, 0.25) is 0 Å². The Morgan fingerprint density at radius 2 is 0.704 bits per heavy atom. The summed E-state index contributed by atoms with van der Waals surface area (Å²) in [6.07, 6.45) is 0. The highest BCUT2D eigenvalue weighted by Gasteiger charge is 2.00. The van der Waals surface area contributed by atoms with E-state index in [2.05, 4.69) is 102 Å². The second-order valence-corrected chi connectivity index (χ2v) is 8.30. The van der Waals surface area contributed by atoms with Crippen molar-refractivity contribution in [1.29, 1.82) is 0 Å². The first-order chi connectivity index (χ1) is 13.3. The molecule has 132 valence electrons. The fraction of sp³-hybridized carbons (Fsp3) is 0. The lowest BCUT2D eigenvalue weighted by Crippen LogP contribution is -1.89. The SMILES string of the molecule is c1ccc(Sc2ccc(Nc3ccc(Sc4ccccc4)cc3)cc2)cc1. The van der Waals surface area contributed by atoms with Crippen LogP contribution in [0.5, 0.6) is 0 Å². The second kappa shape index (κ2) is 8.85. The summed E-state index contributed by atoms with van der Waals surface area (Å²) in [5.74, 6) is 0. The molecule has 3 heteroatoms. The summed E-state index contributed by atoms with van der Waals surface area (Å²) < 4.78 is 0. The van der Waals surface area contributed by atoms with E-state index >= 15 is 0 Å². The van der Waals surface area contributed by atoms with Gasteiger partial charge in [-0.05, 0) is 72.8 Å². The van der Waals surface area contributed by atoms with Crippen LogP contribution in [0.15, 0.2) is 129 Å². The normalized spacial score (nSPS) is 10.5. The minimum Gasteiger partial charge on any atom is -0.356 e. The Kier molecular flexibility index (Phi) is 5.83. The van der Waals surface area contributed by atoms with Crippen LogP contribution in [0.3, 0.4) is 0 Å². The highest BCUT2D eigenvalue weighted by molar-refractivity contribution is 7.99. The van der Waals surface area contributed by atoms with Gasteiger partial charge < -0.3 is 5.32 Å². The topological polar surface area (TPSA) is 12.0 Å². The second-order valence-electron chi connectivity index (χ2n) is 6.00. The molecule has 0 aromatic heterocycles. The van der Waals surface area contributed by atoms with Crippen LogP contribution >= 0.6 is 23.5 Å². The summed E-state index contributed by atoms with van der Waals surface area (Å²) in [6, 6.07) is 38.0. The zero-order valence-electron chi connectivity index (χ0n) is 14.7. The third-order valence-corrected chi connectivity index (χ3v) is 5.99. The molecule has 0 heterocycles. The monoisotopic (exact) mass is 385 g/mol. The number of anilines is 2. The third-order valence-electron chi connectivity index (χ3n) is 3.96. The molecule has 0 saturated heterocycles. The molecule has 0 fully saturated rings. The number of benzene rings is 4. The van der Waals surface area contributed by atoms with Crippen LogP contribution in [-0.2, 0) is 0 Å². The number of rotatable bonds is 6. The molecule has 0 amide bonds. The Morgan fingerprint density at radius 1 is 0.370 bits per heavy atom. The maximum Gasteiger partial charge on any atom is 0.0385 e. The van der Waals surface area contributed by atoms with Gasteiger partial charge in [-0.3, -0.25) is 0 Å². The zero-order chi connectivity index (χ0) is 18.3.